The molecule has 0 aliphatic carbocycles. The van der Waals surface area contributed by atoms with Gasteiger partial charge in [-0.3, -0.25) is 4.79 Å². The van der Waals surface area contributed by atoms with E-state index in [0.29, 0.717) is 19.6 Å². The van der Waals surface area contributed by atoms with Crippen molar-refractivity contribution >= 4 is 5.78 Å². The number of rotatable bonds is 10. The Morgan fingerprint density at radius 1 is 1.00 bits per heavy atom. The molecule has 0 bridgehead atoms. The Labute approximate surface area is 88.0 Å². The van der Waals surface area contributed by atoms with Crippen LogP contribution in [0.1, 0.15) is 58.8 Å². The number of ether oxygens (including phenoxy) is 1. The Kier molecular flexibility index (Phi) is 10.4. The van der Waals surface area contributed by atoms with E-state index >= 15 is 0 Å². The number of carbonyl (C=O) groups excluding carboxylic acids is 1. The molecule has 0 spiro atoms. The first-order valence-electron chi connectivity index (χ1n) is 5.90. The van der Waals surface area contributed by atoms with Crippen LogP contribution in [-0.4, -0.2) is 19.0 Å². The minimum atomic E-state index is 0.259. The minimum absolute atomic E-state index is 0.259. The summed E-state index contributed by atoms with van der Waals surface area (Å²) in [6, 6.07) is 0. The van der Waals surface area contributed by atoms with Crippen molar-refractivity contribution in [3.8, 4) is 0 Å². The Bertz CT molecular complexity index is 132. The van der Waals surface area contributed by atoms with E-state index in [-0.39, 0.29) is 5.78 Å². The Hall–Kier alpha value is -0.370. The average molecular weight is 200 g/mol. The summed E-state index contributed by atoms with van der Waals surface area (Å²) in [6.07, 6.45) is 7.73. The summed E-state index contributed by atoms with van der Waals surface area (Å²) >= 11 is 0. The van der Waals surface area contributed by atoms with Gasteiger partial charge < -0.3 is 4.74 Å². The molecule has 0 amide bonds. The van der Waals surface area contributed by atoms with E-state index in [9.17, 15) is 4.79 Å². The van der Waals surface area contributed by atoms with Crippen LogP contribution >= 0.6 is 0 Å². The van der Waals surface area contributed by atoms with Gasteiger partial charge in [0.05, 0.1) is 0 Å². The van der Waals surface area contributed by atoms with Crippen molar-refractivity contribution in [1.82, 2.24) is 0 Å². The molecule has 0 heterocycles. The molecule has 0 N–H and O–H groups in total. The number of unbranched alkanes of at least 4 members (excludes halogenated alkanes) is 4. The lowest BCUT2D eigenvalue weighted by molar-refractivity contribution is -0.123. The molecule has 14 heavy (non-hydrogen) atoms. The van der Waals surface area contributed by atoms with Gasteiger partial charge in [0.2, 0.25) is 0 Å². The largest absolute Gasteiger partial charge is 0.374 e. The summed E-state index contributed by atoms with van der Waals surface area (Å²) in [5.41, 5.74) is 0. The third-order valence-corrected chi connectivity index (χ3v) is 2.17. The minimum Gasteiger partial charge on any atom is -0.374 e. The van der Waals surface area contributed by atoms with Crippen LogP contribution in [0.2, 0.25) is 0 Å². The van der Waals surface area contributed by atoms with E-state index < -0.39 is 0 Å². The zero-order valence-electron chi connectivity index (χ0n) is 9.68. The van der Waals surface area contributed by atoms with Crippen molar-refractivity contribution in [3.05, 3.63) is 0 Å². The molecule has 0 aliphatic heterocycles. The molecule has 0 rings (SSSR count). The molecule has 0 aromatic carbocycles. The van der Waals surface area contributed by atoms with Gasteiger partial charge in [-0.1, -0.05) is 39.5 Å². The first-order chi connectivity index (χ1) is 6.81. The topological polar surface area (TPSA) is 26.3 Å². The molecule has 0 aromatic heterocycles. The monoisotopic (exact) mass is 200 g/mol. The van der Waals surface area contributed by atoms with E-state index in [1.54, 1.807) is 0 Å². The highest BCUT2D eigenvalue weighted by Crippen LogP contribution is 2.05. The van der Waals surface area contributed by atoms with Crippen LogP contribution < -0.4 is 0 Å². The summed E-state index contributed by atoms with van der Waals surface area (Å²) < 4.78 is 5.17. The molecule has 2 nitrogen and oxygen atoms in total. The Balaban J connectivity index is 3.10. The van der Waals surface area contributed by atoms with Gasteiger partial charge in [-0.2, -0.15) is 0 Å². The van der Waals surface area contributed by atoms with Crippen molar-refractivity contribution in [2.24, 2.45) is 0 Å². The van der Waals surface area contributed by atoms with Gasteiger partial charge in [0, 0.05) is 13.0 Å². The molecular formula is C12H24O2. The quantitative estimate of drug-likeness (QED) is 0.505. The maximum atomic E-state index is 11.2. The zero-order chi connectivity index (χ0) is 10.6. The highest BCUT2D eigenvalue weighted by atomic mass is 16.5. The van der Waals surface area contributed by atoms with Crippen molar-refractivity contribution in [3.63, 3.8) is 0 Å². The Morgan fingerprint density at radius 3 is 2.36 bits per heavy atom. The van der Waals surface area contributed by atoms with Gasteiger partial charge in [0.15, 0.2) is 5.78 Å². The summed E-state index contributed by atoms with van der Waals surface area (Å²) in [5.74, 6) is 0.259. The van der Waals surface area contributed by atoms with Crippen molar-refractivity contribution < 1.29 is 9.53 Å². The zero-order valence-corrected chi connectivity index (χ0v) is 9.68. The van der Waals surface area contributed by atoms with Crippen molar-refractivity contribution in [2.75, 3.05) is 13.2 Å². The summed E-state index contributed by atoms with van der Waals surface area (Å²) in [5, 5.41) is 0. The molecule has 0 radical (unpaired) electrons. The molecule has 0 saturated heterocycles. The SMILES string of the molecule is CCCCCCCC(=O)COCCC. The fourth-order valence-corrected chi connectivity index (χ4v) is 1.33. The molecule has 84 valence electrons. The maximum Gasteiger partial charge on any atom is 0.158 e. The first kappa shape index (κ1) is 13.6. The fraction of sp³-hybridized carbons (Fsp3) is 0.917. The van der Waals surface area contributed by atoms with Gasteiger partial charge in [0.25, 0.3) is 0 Å². The molecule has 0 fully saturated rings. The molecule has 0 atom stereocenters. The van der Waals surface area contributed by atoms with Crippen LogP contribution in [0.5, 0.6) is 0 Å². The van der Waals surface area contributed by atoms with Crippen LogP contribution in [0, 0.1) is 0 Å². The second kappa shape index (κ2) is 10.7. The van der Waals surface area contributed by atoms with Gasteiger partial charge in [-0.15, -0.1) is 0 Å². The molecule has 0 aromatic rings. The second-order valence-corrected chi connectivity index (χ2v) is 3.76. The molecule has 0 saturated carbocycles. The lowest BCUT2D eigenvalue weighted by atomic mass is 10.1. The third-order valence-electron chi connectivity index (χ3n) is 2.17. The van der Waals surface area contributed by atoms with Crippen LogP contribution in [0.15, 0.2) is 0 Å². The fourth-order valence-electron chi connectivity index (χ4n) is 1.33. The van der Waals surface area contributed by atoms with E-state index in [1.165, 1.54) is 25.7 Å². The van der Waals surface area contributed by atoms with Gasteiger partial charge >= 0.3 is 0 Å². The summed E-state index contributed by atoms with van der Waals surface area (Å²) in [4.78, 5) is 11.2. The van der Waals surface area contributed by atoms with Crippen LogP contribution in [0.4, 0.5) is 0 Å². The predicted molar refractivity (Wildman–Crippen MR) is 59.5 cm³/mol. The average Bonchev–Trinajstić information content (AvgIpc) is 2.18. The summed E-state index contributed by atoms with van der Waals surface area (Å²) in [7, 11) is 0. The number of hydrogen-bond donors (Lipinski definition) is 0. The molecule has 0 aliphatic rings. The van der Waals surface area contributed by atoms with E-state index in [2.05, 4.69) is 13.8 Å². The van der Waals surface area contributed by atoms with E-state index in [4.69, 9.17) is 4.74 Å². The Morgan fingerprint density at radius 2 is 1.71 bits per heavy atom. The second-order valence-electron chi connectivity index (χ2n) is 3.76. The van der Waals surface area contributed by atoms with Gasteiger partial charge in [-0.25, -0.2) is 0 Å². The highest BCUT2D eigenvalue weighted by molar-refractivity contribution is 5.79. The third kappa shape index (κ3) is 9.72. The lowest BCUT2D eigenvalue weighted by Crippen LogP contribution is -2.08. The molecule has 0 unspecified atom stereocenters. The van der Waals surface area contributed by atoms with Crippen LogP contribution in [0.3, 0.4) is 0 Å². The van der Waals surface area contributed by atoms with Crippen LogP contribution in [-0.2, 0) is 9.53 Å². The van der Waals surface area contributed by atoms with E-state index in [1.807, 2.05) is 0 Å². The highest BCUT2D eigenvalue weighted by Gasteiger charge is 2.00. The van der Waals surface area contributed by atoms with Gasteiger partial charge in [-0.05, 0) is 12.8 Å². The first-order valence-corrected chi connectivity index (χ1v) is 5.90. The van der Waals surface area contributed by atoms with E-state index in [0.717, 1.165) is 12.8 Å². The lowest BCUT2D eigenvalue weighted by Gasteiger charge is -2.02. The standard InChI is InChI=1S/C12H24O2/c1-3-5-6-7-8-9-12(13)11-14-10-4-2/h3-11H2,1-2H3. The number of ketones is 1. The molecule has 2 heteroatoms. The smallest absolute Gasteiger partial charge is 0.158 e. The van der Waals surface area contributed by atoms with Crippen molar-refractivity contribution in [1.29, 1.82) is 0 Å². The normalized spacial score (nSPS) is 10.4. The number of hydrogen-bond acceptors (Lipinski definition) is 2. The maximum absolute atomic E-state index is 11.2. The molecular weight excluding hydrogens is 176 g/mol. The van der Waals surface area contributed by atoms with Gasteiger partial charge in [0.1, 0.15) is 6.61 Å². The number of carbonyl (C=O) groups is 1. The summed E-state index contributed by atoms with van der Waals surface area (Å²) in [6.45, 7) is 5.28. The predicted octanol–water partition coefficient (Wildman–Crippen LogP) is 3.34. The van der Waals surface area contributed by atoms with Crippen LogP contribution in [0.25, 0.3) is 0 Å². The van der Waals surface area contributed by atoms with Crippen molar-refractivity contribution in [2.45, 2.75) is 58.8 Å². The number of Topliss-reactive ketones (excluding diaryl/α,β-unsaturated/α-hetero) is 1.